The topological polar surface area (TPSA) is 24.9 Å². The van der Waals surface area contributed by atoms with E-state index in [-0.39, 0.29) is 5.56 Å². The molecular formula is C14H12BrF3N2. The molecule has 0 radical (unpaired) electrons. The van der Waals surface area contributed by atoms with Crippen LogP contribution in [0.1, 0.15) is 16.7 Å². The first kappa shape index (κ1) is 14.8. The molecule has 0 fully saturated rings. The molecule has 0 saturated carbocycles. The third kappa shape index (κ3) is 3.30. The first-order valence-electron chi connectivity index (χ1n) is 5.84. The van der Waals surface area contributed by atoms with E-state index in [0.717, 1.165) is 16.1 Å². The maximum Gasteiger partial charge on any atom is 0.416 e. The van der Waals surface area contributed by atoms with Crippen LogP contribution < -0.4 is 5.32 Å². The quantitative estimate of drug-likeness (QED) is 0.807. The Bertz CT molecular complexity index is 639. The van der Waals surface area contributed by atoms with Crippen LogP contribution in [0.3, 0.4) is 0 Å². The van der Waals surface area contributed by atoms with E-state index in [1.165, 1.54) is 13.0 Å². The number of hydrogen-bond acceptors (Lipinski definition) is 2. The van der Waals surface area contributed by atoms with Gasteiger partial charge < -0.3 is 5.32 Å². The van der Waals surface area contributed by atoms with Crippen LogP contribution in [0.2, 0.25) is 0 Å². The highest BCUT2D eigenvalue weighted by molar-refractivity contribution is 9.10. The minimum absolute atomic E-state index is 0.198. The Balaban J connectivity index is 2.35. The van der Waals surface area contributed by atoms with E-state index in [1.54, 1.807) is 12.3 Å². The first-order chi connectivity index (χ1) is 9.27. The molecule has 2 nitrogen and oxygen atoms in total. The normalized spacial score (nSPS) is 11.5. The summed E-state index contributed by atoms with van der Waals surface area (Å²) in [6.45, 7) is 3.27. The average Bonchev–Trinajstić information content (AvgIpc) is 2.33. The van der Waals surface area contributed by atoms with Crippen molar-refractivity contribution in [3.8, 4) is 0 Å². The minimum atomic E-state index is -4.36. The zero-order chi connectivity index (χ0) is 14.9. The molecule has 2 aromatic rings. The molecule has 0 spiro atoms. The molecule has 0 amide bonds. The standard InChI is InChI=1S/C14H12BrF3N2/c1-8-3-4-11(6-12(8)14(16,17)18)20-13-9(2)5-10(15)7-19-13/h3-7H,1-2H3,(H,19,20). The van der Waals surface area contributed by atoms with Gasteiger partial charge in [-0.2, -0.15) is 13.2 Å². The number of pyridine rings is 1. The summed E-state index contributed by atoms with van der Waals surface area (Å²) in [5.74, 6) is 0.533. The van der Waals surface area contributed by atoms with Gasteiger partial charge in [-0.1, -0.05) is 6.07 Å². The molecule has 0 aliphatic heterocycles. The number of alkyl halides is 3. The van der Waals surface area contributed by atoms with E-state index in [0.29, 0.717) is 11.5 Å². The Morgan fingerprint density at radius 2 is 1.80 bits per heavy atom. The number of nitrogens with one attached hydrogen (secondary N) is 1. The Morgan fingerprint density at radius 1 is 1.10 bits per heavy atom. The van der Waals surface area contributed by atoms with Crippen LogP contribution in [0.25, 0.3) is 0 Å². The van der Waals surface area contributed by atoms with Gasteiger partial charge in [-0.25, -0.2) is 4.98 Å². The molecule has 0 aliphatic rings. The van der Waals surface area contributed by atoms with Crippen molar-refractivity contribution >= 4 is 27.4 Å². The van der Waals surface area contributed by atoms with E-state index in [4.69, 9.17) is 0 Å². The molecular weight excluding hydrogens is 333 g/mol. The van der Waals surface area contributed by atoms with Gasteiger partial charge in [0.1, 0.15) is 5.82 Å². The number of hydrogen-bond donors (Lipinski definition) is 1. The largest absolute Gasteiger partial charge is 0.416 e. The maximum atomic E-state index is 12.9. The predicted molar refractivity (Wildman–Crippen MR) is 76.1 cm³/mol. The fourth-order valence-electron chi connectivity index (χ4n) is 1.81. The van der Waals surface area contributed by atoms with Crippen molar-refractivity contribution in [2.24, 2.45) is 0 Å². The van der Waals surface area contributed by atoms with Gasteiger partial charge in [-0.3, -0.25) is 0 Å². The van der Waals surface area contributed by atoms with Gasteiger partial charge in [0.05, 0.1) is 5.56 Å². The average molecular weight is 345 g/mol. The number of aromatic nitrogens is 1. The summed E-state index contributed by atoms with van der Waals surface area (Å²) in [4.78, 5) is 4.15. The van der Waals surface area contributed by atoms with Gasteiger partial charge in [0.15, 0.2) is 0 Å². The second-order valence-corrected chi connectivity index (χ2v) is 5.39. The molecule has 2 rings (SSSR count). The van der Waals surface area contributed by atoms with Gasteiger partial charge >= 0.3 is 6.18 Å². The van der Waals surface area contributed by atoms with Crippen LogP contribution in [0.4, 0.5) is 24.7 Å². The van der Waals surface area contributed by atoms with Gasteiger partial charge in [-0.05, 0) is 59.1 Å². The summed E-state index contributed by atoms with van der Waals surface area (Å²) in [7, 11) is 0. The molecule has 20 heavy (non-hydrogen) atoms. The van der Waals surface area contributed by atoms with Crippen molar-refractivity contribution in [3.63, 3.8) is 0 Å². The van der Waals surface area contributed by atoms with E-state index in [9.17, 15) is 13.2 Å². The smallest absolute Gasteiger partial charge is 0.340 e. The molecule has 1 N–H and O–H groups in total. The van der Waals surface area contributed by atoms with Crippen molar-refractivity contribution in [3.05, 3.63) is 51.6 Å². The third-order valence-corrected chi connectivity index (χ3v) is 3.28. The van der Waals surface area contributed by atoms with Crippen LogP contribution in [0.15, 0.2) is 34.9 Å². The first-order valence-corrected chi connectivity index (χ1v) is 6.63. The number of benzene rings is 1. The summed E-state index contributed by atoms with van der Waals surface area (Å²) < 4.78 is 39.4. The molecule has 0 aliphatic carbocycles. The number of anilines is 2. The monoisotopic (exact) mass is 344 g/mol. The number of halogens is 4. The van der Waals surface area contributed by atoms with Crippen LogP contribution >= 0.6 is 15.9 Å². The fourth-order valence-corrected chi connectivity index (χ4v) is 2.26. The molecule has 0 bridgehead atoms. The summed E-state index contributed by atoms with van der Waals surface area (Å²) in [6.07, 6.45) is -2.77. The molecule has 1 aromatic heterocycles. The lowest BCUT2D eigenvalue weighted by Crippen LogP contribution is -2.08. The maximum absolute atomic E-state index is 12.9. The highest BCUT2D eigenvalue weighted by Gasteiger charge is 2.32. The summed E-state index contributed by atoms with van der Waals surface area (Å²) in [6, 6.07) is 5.99. The van der Waals surface area contributed by atoms with Crippen molar-refractivity contribution in [2.45, 2.75) is 20.0 Å². The number of nitrogens with zero attached hydrogens (tertiary/aromatic N) is 1. The second kappa shape index (κ2) is 5.44. The number of rotatable bonds is 2. The van der Waals surface area contributed by atoms with Gasteiger partial charge in [0.25, 0.3) is 0 Å². The molecule has 0 atom stereocenters. The highest BCUT2D eigenvalue weighted by Crippen LogP contribution is 2.34. The van der Waals surface area contributed by atoms with E-state index in [2.05, 4.69) is 26.2 Å². The molecule has 1 aromatic carbocycles. The molecule has 6 heteroatoms. The predicted octanol–water partition coefficient (Wildman–Crippen LogP) is 5.22. The van der Waals surface area contributed by atoms with Crippen molar-refractivity contribution in [1.29, 1.82) is 0 Å². The Hall–Kier alpha value is -1.56. The molecule has 0 unspecified atom stereocenters. The van der Waals surface area contributed by atoms with Crippen LogP contribution in [-0.4, -0.2) is 4.98 Å². The molecule has 1 heterocycles. The van der Waals surface area contributed by atoms with E-state index >= 15 is 0 Å². The molecule has 0 saturated heterocycles. The van der Waals surface area contributed by atoms with Crippen LogP contribution in [0.5, 0.6) is 0 Å². The zero-order valence-electron chi connectivity index (χ0n) is 10.8. The lowest BCUT2D eigenvalue weighted by Gasteiger charge is -2.14. The van der Waals surface area contributed by atoms with E-state index < -0.39 is 11.7 Å². The fraction of sp³-hybridized carbons (Fsp3) is 0.214. The van der Waals surface area contributed by atoms with Gasteiger partial charge in [0.2, 0.25) is 0 Å². The summed E-state index contributed by atoms with van der Waals surface area (Å²) in [5, 5.41) is 2.91. The van der Waals surface area contributed by atoms with Crippen molar-refractivity contribution in [2.75, 3.05) is 5.32 Å². The Kier molecular flexibility index (Phi) is 4.04. The second-order valence-electron chi connectivity index (χ2n) is 4.47. The highest BCUT2D eigenvalue weighted by atomic mass is 79.9. The molecule has 106 valence electrons. The lowest BCUT2D eigenvalue weighted by atomic mass is 10.1. The SMILES string of the molecule is Cc1ccc(Nc2ncc(Br)cc2C)cc1C(F)(F)F. The summed E-state index contributed by atoms with van der Waals surface area (Å²) >= 11 is 3.29. The Morgan fingerprint density at radius 3 is 2.40 bits per heavy atom. The van der Waals surface area contributed by atoms with E-state index in [1.807, 2.05) is 13.0 Å². The van der Waals surface area contributed by atoms with Gasteiger partial charge in [0, 0.05) is 16.4 Å². The van der Waals surface area contributed by atoms with Crippen LogP contribution in [0, 0.1) is 13.8 Å². The summed E-state index contributed by atoms with van der Waals surface area (Å²) in [5.41, 5.74) is 0.759. The zero-order valence-corrected chi connectivity index (χ0v) is 12.4. The van der Waals surface area contributed by atoms with Crippen molar-refractivity contribution < 1.29 is 13.2 Å². The third-order valence-electron chi connectivity index (χ3n) is 2.85. The van der Waals surface area contributed by atoms with Gasteiger partial charge in [-0.15, -0.1) is 0 Å². The number of aryl methyl sites for hydroxylation is 2. The van der Waals surface area contributed by atoms with Crippen LogP contribution in [-0.2, 0) is 6.18 Å². The van der Waals surface area contributed by atoms with Crippen molar-refractivity contribution in [1.82, 2.24) is 4.98 Å². The minimum Gasteiger partial charge on any atom is -0.340 e. The lowest BCUT2D eigenvalue weighted by molar-refractivity contribution is -0.138. The Labute approximate surface area is 123 Å².